The monoisotopic (exact) mass is 240 g/mol. The molecule has 1 saturated heterocycles. The number of carboxylic acid groups (broad SMARTS) is 1. The largest absolute Gasteiger partial charge is 0.486 e. The molecule has 0 spiro atoms. The van der Waals surface area contributed by atoms with Gasteiger partial charge in [0.05, 0.1) is 12.7 Å². The Hall–Kier alpha value is -1.85. The second kappa shape index (κ2) is 4.99. The van der Waals surface area contributed by atoms with Crippen LogP contribution < -0.4 is 4.74 Å². The second-order valence-electron chi connectivity index (χ2n) is 3.88. The highest BCUT2D eigenvalue weighted by atomic mass is 19.1. The van der Waals surface area contributed by atoms with Gasteiger partial charge in [-0.2, -0.15) is 0 Å². The van der Waals surface area contributed by atoms with Crippen LogP contribution in [0.5, 0.6) is 5.75 Å². The number of hydrogen-bond acceptors (Lipinski definition) is 3. The third-order valence-electron chi connectivity index (χ3n) is 2.67. The molecule has 2 atom stereocenters. The lowest BCUT2D eigenvalue weighted by molar-refractivity contribution is 0.0247. The Morgan fingerprint density at radius 3 is 3.06 bits per heavy atom. The number of aromatic nitrogens is 1. The van der Waals surface area contributed by atoms with Crippen LogP contribution in [0.25, 0.3) is 0 Å². The van der Waals surface area contributed by atoms with Crippen LogP contribution in [-0.2, 0) is 0 Å². The Morgan fingerprint density at radius 1 is 1.65 bits per heavy atom. The van der Waals surface area contributed by atoms with Crippen molar-refractivity contribution in [1.82, 2.24) is 9.88 Å². The zero-order valence-corrected chi connectivity index (χ0v) is 9.12. The van der Waals surface area contributed by atoms with Gasteiger partial charge in [-0.25, -0.2) is 9.18 Å². The van der Waals surface area contributed by atoms with Crippen molar-refractivity contribution >= 4 is 6.09 Å². The first-order valence-corrected chi connectivity index (χ1v) is 5.35. The molecule has 1 aromatic heterocycles. The number of nitrogens with zero attached hydrogens (tertiary/aromatic N) is 2. The van der Waals surface area contributed by atoms with E-state index in [-0.39, 0.29) is 6.54 Å². The van der Waals surface area contributed by atoms with Gasteiger partial charge in [0.15, 0.2) is 6.17 Å². The normalized spacial score (nSPS) is 24.4. The first kappa shape index (κ1) is 11.6. The number of pyridine rings is 1. The minimum atomic E-state index is -1.31. The molecule has 6 heteroatoms. The maximum Gasteiger partial charge on any atom is 0.407 e. The van der Waals surface area contributed by atoms with Gasteiger partial charge in [0.25, 0.3) is 0 Å². The summed E-state index contributed by atoms with van der Waals surface area (Å²) in [7, 11) is 0. The molecule has 17 heavy (non-hydrogen) atoms. The molecule has 1 fully saturated rings. The molecular weight excluding hydrogens is 227 g/mol. The summed E-state index contributed by atoms with van der Waals surface area (Å²) in [5.41, 5.74) is 0. The van der Waals surface area contributed by atoms with Crippen LogP contribution in [0.15, 0.2) is 24.5 Å². The summed E-state index contributed by atoms with van der Waals surface area (Å²) in [6.07, 6.45) is 0.466. The zero-order valence-electron chi connectivity index (χ0n) is 9.12. The molecular formula is C11H13FN2O3. The van der Waals surface area contributed by atoms with Crippen molar-refractivity contribution in [2.45, 2.75) is 18.7 Å². The van der Waals surface area contributed by atoms with Crippen LogP contribution in [0.1, 0.15) is 6.42 Å². The van der Waals surface area contributed by atoms with Crippen LogP contribution in [0.3, 0.4) is 0 Å². The first-order valence-electron chi connectivity index (χ1n) is 5.35. The first-order chi connectivity index (χ1) is 8.16. The predicted octanol–water partition coefficient (Wildman–Crippen LogP) is 1.55. The molecule has 1 aliphatic rings. The van der Waals surface area contributed by atoms with Gasteiger partial charge >= 0.3 is 6.09 Å². The summed E-state index contributed by atoms with van der Waals surface area (Å²) in [6.45, 7) is 0.154. The van der Waals surface area contributed by atoms with Crippen molar-refractivity contribution in [2.24, 2.45) is 0 Å². The number of piperidine rings is 1. The number of hydrogen-bond donors (Lipinski definition) is 1. The Bertz CT molecular complexity index is 388. The smallest absolute Gasteiger partial charge is 0.407 e. The topological polar surface area (TPSA) is 62.7 Å². The molecule has 1 amide bonds. The Kier molecular flexibility index (Phi) is 3.41. The van der Waals surface area contributed by atoms with Gasteiger partial charge in [-0.1, -0.05) is 0 Å². The average Bonchev–Trinajstić information content (AvgIpc) is 2.33. The number of halogens is 1. The summed E-state index contributed by atoms with van der Waals surface area (Å²) < 4.78 is 19.1. The van der Waals surface area contributed by atoms with E-state index in [9.17, 15) is 9.18 Å². The van der Waals surface area contributed by atoms with E-state index in [1.165, 1.54) is 6.20 Å². The quantitative estimate of drug-likeness (QED) is 0.851. The van der Waals surface area contributed by atoms with E-state index < -0.39 is 18.4 Å². The molecule has 0 radical (unpaired) electrons. The van der Waals surface area contributed by atoms with Crippen molar-refractivity contribution in [2.75, 3.05) is 13.1 Å². The van der Waals surface area contributed by atoms with Gasteiger partial charge in [0.2, 0.25) is 0 Å². The molecule has 5 nitrogen and oxygen atoms in total. The standard InChI is InChI=1S/C11H13FN2O3/c12-9-7-14(11(15)16)5-3-10(9)17-8-2-1-4-13-6-8/h1-2,4,6,9-10H,3,5,7H2,(H,15,16)/t9-,10+/m0/s1. The minimum Gasteiger partial charge on any atom is -0.486 e. The van der Waals surface area contributed by atoms with Crippen molar-refractivity contribution in [3.05, 3.63) is 24.5 Å². The molecule has 0 unspecified atom stereocenters. The van der Waals surface area contributed by atoms with E-state index in [2.05, 4.69) is 4.98 Å². The summed E-state index contributed by atoms with van der Waals surface area (Å²) in [6, 6.07) is 3.40. The van der Waals surface area contributed by atoms with Gasteiger partial charge in [-0.3, -0.25) is 4.98 Å². The molecule has 2 heterocycles. The summed E-state index contributed by atoms with van der Waals surface area (Å²) in [5, 5.41) is 8.74. The molecule has 0 aliphatic carbocycles. The second-order valence-corrected chi connectivity index (χ2v) is 3.88. The number of carbonyl (C=O) groups is 1. The number of ether oxygens (including phenoxy) is 1. The molecule has 92 valence electrons. The van der Waals surface area contributed by atoms with Crippen molar-refractivity contribution in [3.63, 3.8) is 0 Å². The molecule has 2 rings (SSSR count). The molecule has 0 aromatic carbocycles. The maximum absolute atomic E-state index is 13.7. The van der Waals surface area contributed by atoms with Crippen molar-refractivity contribution in [3.8, 4) is 5.75 Å². The van der Waals surface area contributed by atoms with Gasteiger partial charge in [-0.05, 0) is 12.1 Å². The van der Waals surface area contributed by atoms with Gasteiger partial charge in [0, 0.05) is 19.2 Å². The fourth-order valence-electron chi connectivity index (χ4n) is 1.78. The number of alkyl halides is 1. The average molecular weight is 240 g/mol. The Labute approximate surface area is 97.8 Å². The van der Waals surface area contributed by atoms with Crippen LogP contribution >= 0.6 is 0 Å². The Morgan fingerprint density at radius 2 is 2.47 bits per heavy atom. The zero-order chi connectivity index (χ0) is 12.3. The molecule has 0 saturated carbocycles. The third kappa shape index (κ3) is 2.83. The molecule has 0 bridgehead atoms. The summed E-state index contributed by atoms with van der Waals surface area (Å²) in [4.78, 5) is 15.6. The fraction of sp³-hybridized carbons (Fsp3) is 0.455. The Balaban J connectivity index is 1.94. The van der Waals surface area contributed by atoms with E-state index in [1.807, 2.05) is 0 Å². The van der Waals surface area contributed by atoms with E-state index in [0.29, 0.717) is 18.7 Å². The van der Waals surface area contributed by atoms with Crippen LogP contribution in [0.2, 0.25) is 0 Å². The van der Waals surface area contributed by atoms with Crippen molar-refractivity contribution < 1.29 is 19.0 Å². The maximum atomic E-state index is 13.7. The summed E-state index contributed by atoms with van der Waals surface area (Å²) >= 11 is 0. The lowest BCUT2D eigenvalue weighted by Gasteiger charge is -2.32. The molecule has 1 N–H and O–H groups in total. The van der Waals surface area contributed by atoms with Gasteiger partial charge < -0.3 is 14.7 Å². The molecule has 1 aromatic rings. The lowest BCUT2D eigenvalue weighted by atomic mass is 10.1. The highest BCUT2D eigenvalue weighted by Crippen LogP contribution is 2.20. The van der Waals surface area contributed by atoms with E-state index in [0.717, 1.165) is 4.90 Å². The van der Waals surface area contributed by atoms with E-state index >= 15 is 0 Å². The fourth-order valence-corrected chi connectivity index (χ4v) is 1.78. The summed E-state index contributed by atoms with van der Waals surface area (Å²) in [5.74, 6) is 0.504. The number of likely N-dealkylation sites (tertiary alicyclic amines) is 1. The molecule has 1 aliphatic heterocycles. The van der Waals surface area contributed by atoms with Crippen molar-refractivity contribution in [1.29, 1.82) is 0 Å². The number of rotatable bonds is 2. The highest BCUT2D eigenvalue weighted by Gasteiger charge is 2.32. The third-order valence-corrected chi connectivity index (χ3v) is 2.67. The highest BCUT2D eigenvalue weighted by molar-refractivity contribution is 5.65. The SMILES string of the molecule is O=C(O)N1CC[C@@H](Oc2cccnc2)[C@@H](F)C1. The van der Waals surface area contributed by atoms with E-state index in [1.54, 1.807) is 18.3 Å². The van der Waals surface area contributed by atoms with Crippen LogP contribution in [0, 0.1) is 0 Å². The number of amides is 1. The lowest BCUT2D eigenvalue weighted by Crippen LogP contribution is -2.48. The van der Waals surface area contributed by atoms with Gasteiger partial charge in [-0.15, -0.1) is 0 Å². The predicted molar refractivity (Wildman–Crippen MR) is 57.8 cm³/mol. The van der Waals surface area contributed by atoms with Crippen LogP contribution in [0.4, 0.5) is 9.18 Å². The van der Waals surface area contributed by atoms with E-state index in [4.69, 9.17) is 9.84 Å². The minimum absolute atomic E-state index is 0.139. The van der Waals surface area contributed by atoms with Crippen LogP contribution in [-0.4, -0.2) is 46.4 Å². The van der Waals surface area contributed by atoms with Gasteiger partial charge in [0.1, 0.15) is 11.9 Å².